The minimum absolute atomic E-state index is 0.127. The Hall–Kier alpha value is -3.56. The molecule has 4 amide bonds. The number of hydrogen-bond acceptors (Lipinski definition) is 9. The van der Waals surface area contributed by atoms with E-state index in [0.717, 1.165) is 0 Å². The van der Waals surface area contributed by atoms with Crippen LogP contribution < -0.4 is 33.2 Å². The number of hydrogen-bond donors (Lipinski definition) is 9. The number of aliphatic hydroxyl groups is 1. The van der Waals surface area contributed by atoms with Crippen LogP contribution in [0.25, 0.3) is 0 Å². The first-order valence-corrected chi connectivity index (χ1v) is 11.0. The number of carbonyl (C=O) groups excluding carboxylic acids is 4. The lowest BCUT2D eigenvalue weighted by molar-refractivity contribution is -0.142. The zero-order valence-corrected chi connectivity index (χ0v) is 19.2. The lowest BCUT2D eigenvalue weighted by Gasteiger charge is -2.25. The van der Waals surface area contributed by atoms with Crippen molar-refractivity contribution in [3.8, 4) is 0 Å². The van der Waals surface area contributed by atoms with E-state index < -0.39 is 60.4 Å². The molecule has 0 saturated carbocycles. The van der Waals surface area contributed by atoms with Crippen LogP contribution in [0.1, 0.15) is 37.8 Å². The summed E-state index contributed by atoms with van der Waals surface area (Å²) in [6, 6.07) is -5.06. The molecule has 0 fully saturated rings. The average molecular weight is 499 g/mol. The van der Waals surface area contributed by atoms with Crippen molar-refractivity contribution in [2.24, 2.45) is 17.2 Å². The quantitative estimate of drug-likeness (QED) is 0.0945. The molecule has 0 unspecified atom stereocenters. The van der Waals surface area contributed by atoms with Crippen LogP contribution in [0, 0.1) is 0 Å². The molecule has 0 saturated heterocycles. The maximum absolute atomic E-state index is 12.9. The first-order chi connectivity index (χ1) is 16.6. The van der Waals surface area contributed by atoms with E-state index in [1.807, 2.05) is 0 Å². The first kappa shape index (κ1) is 29.5. The minimum atomic E-state index is -1.36. The van der Waals surface area contributed by atoms with Gasteiger partial charge in [0.25, 0.3) is 0 Å². The maximum atomic E-state index is 12.9. The van der Waals surface area contributed by atoms with Gasteiger partial charge in [-0.05, 0) is 32.2 Å². The highest BCUT2D eigenvalue weighted by molar-refractivity contribution is 5.94. The number of H-pyrrole nitrogens is 1. The molecule has 0 aromatic carbocycles. The number of aliphatic hydroxyl groups excluding tert-OH is 1. The second-order valence-electron chi connectivity index (χ2n) is 7.86. The summed E-state index contributed by atoms with van der Waals surface area (Å²) in [6.45, 7) is -0.284. The van der Waals surface area contributed by atoms with Gasteiger partial charge in [0, 0.05) is 19.0 Å². The fourth-order valence-electron chi connectivity index (χ4n) is 3.04. The van der Waals surface area contributed by atoms with Gasteiger partial charge in [0.2, 0.25) is 23.6 Å². The summed E-state index contributed by atoms with van der Waals surface area (Å²) in [5, 5.41) is 25.7. The topological polar surface area (TPSA) is 269 Å². The molecule has 1 aromatic rings. The van der Waals surface area contributed by atoms with E-state index in [1.165, 1.54) is 12.5 Å². The molecule has 4 atom stereocenters. The van der Waals surface area contributed by atoms with E-state index >= 15 is 0 Å². The first-order valence-electron chi connectivity index (χ1n) is 11.0. The number of rotatable bonds is 17. The van der Waals surface area contributed by atoms with Crippen LogP contribution in [0.3, 0.4) is 0 Å². The Balaban J connectivity index is 2.99. The summed E-state index contributed by atoms with van der Waals surface area (Å²) in [6.07, 6.45) is 3.41. The molecule has 12 N–H and O–H groups in total. The van der Waals surface area contributed by atoms with E-state index in [0.29, 0.717) is 25.1 Å². The highest BCUT2D eigenvalue weighted by Gasteiger charge is 2.30. The molecule has 0 aliphatic heterocycles. The number of amides is 4. The van der Waals surface area contributed by atoms with Crippen molar-refractivity contribution in [3.05, 3.63) is 18.2 Å². The number of imidazole rings is 1. The molecule has 1 aromatic heterocycles. The van der Waals surface area contributed by atoms with Gasteiger partial charge >= 0.3 is 5.97 Å². The molecule has 0 bridgehead atoms. The predicted octanol–water partition coefficient (Wildman–Crippen LogP) is -3.79. The molecule has 0 spiro atoms. The molecule has 196 valence electrons. The van der Waals surface area contributed by atoms with Crippen molar-refractivity contribution in [3.63, 3.8) is 0 Å². The number of aliphatic carboxylic acids is 1. The Morgan fingerprint density at radius 2 is 1.57 bits per heavy atom. The average Bonchev–Trinajstić information content (AvgIpc) is 3.32. The zero-order valence-electron chi connectivity index (χ0n) is 19.2. The van der Waals surface area contributed by atoms with Gasteiger partial charge in [0.15, 0.2) is 0 Å². The Labute approximate surface area is 201 Å². The summed E-state index contributed by atoms with van der Waals surface area (Å²) in [7, 11) is 0. The SMILES string of the molecule is NCCCC[C@H](NC(=O)[C@@H](N)CO)C(=O)N[C@@H](CCC(N)=O)C(=O)N[C@@H](Cc1c[nH]cn1)C(=O)O. The van der Waals surface area contributed by atoms with Crippen molar-refractivity contribution in [1.82, 2.24) is 25.9 Å². The summed E-state index contributed by atoms with van der Waals surface area (Å²) >= 11 is 0. The molecule has 35 heavy (non-hydrogen) atoms. The standard InChI is InChI=1S/C20H34N8O7/c21-6-2-1-3-13(26-17(31)12(22)9-29)18(32)27-14(4-5-16(23)30)19(33)28-15(20(34)35)7-11-8-24-10-25-11/h8,10,12-15,29H,1-7,9,21-22H2,(H2,23,30)(H,24,25)(H,26,31)(H,27,32)(H,28,33)(H,34,35)/t12-,13-,14-,15-/m0/s1. The van der Waals surface area contributed by atoms with Crippen LogP contribution in [-0.4, -0.2) is 87.1 Å². The number of carbonyl (C=O) groups is 5. The lowest BCUT2D eigenvalue weighted by atomic mass is 10.0. The summed E-state index contributed by atoms with van der Waals surface area (Å²) in [4.78, 5) is 67.4. The molecule has 0 aliphatic carbocycles. The van der Waals surface area contributed by atoms with E-state index in [-0.39, 0.29) is 25.7 Å². The molecule has 1 heterocycles. The van der Waals surface area contributed by atoms with Crippen LogP contribution in [0.2, 0.25) is 0 Å². The number of nitrogens with two attached hydrogens (primary N) is 3. The van der Waals surface area contributed by atoms with Gasteiger partial charge in [-0.2, -0.15) is 0 Å². The second-order valence-corrected chi connectivity index (χ2v) is 7.86. The summed E-state index contributed by atoms with van der Waals surface area (Å²) in [5.41, 5.74) is 16.5. The second kappa shape index (κ2) is 15.4. The van der Waals surface area contributed by atoms with E-state index in [4.69, 9.17) is 22.3 Å². The normalized spacial score (nSPS) is 14.3. The Kier molecular flexibility index (Phi) is 12.9. The number of nitrogens with one attached hydrogen (secondary N) is 4. The van der Waals surface area contributed by atoms with Gasteiger partial charge in [0.1, 0.15) is 24.2 Å². The van der Waals surface area contributed by atoms with Crippen LogP contribution in [0.15, 0.2) is 12.5 Å². The largest absolute Gasteiger partial charge is 0.480 e. The van der Waals surface area contributed by atoms with Crippen molar-refractivity contribution >= 4 is 29.6 Å². The third-order valence-corrected chi connectivity index (χ3v) is 5.01. The van der Waals surface area contributed by atoms with Crippen molar-refractivity contribution < 1.29 is 34.2 Å². The smallest absolute Gasteiger partial charge is 0.326 e. The number of unbranched alkanes of at least 4 members (excludes halogenated alkanes) is 1. The highest BCUT2D eigenvalue weighted by Crippen LogP contribution is 2.06. The van der Waals surface area contributed by atoms with Gasteiger partial charge in [-0.25, -0.2) is 9.78 Å². The molecular weight excluding hydrogens is 464 g/mol. The number of aromatic amines is 1. The maximum Gasteiger partial charge on any atom is 0.326 e. The number of primary amides is 1. The van der Waals surface area contributed by atoms with Gasteiger partial charge < -0.3 is 48.3 Å². The summed E-state index contributed by atoms with van der Waals surface area (Å²) < 4.78 is 0. The van der Waals surface area contributed by atoms with E-state index in [1.54, 1.807) is 0 Å². The molecule has 0 radical (unpaired) electrons. The van der Waals surface area contributed by atoms with Gasteiger partial charge in [-0.15, -0.1) is 0 Å². The lowest BCUT2D eigenvalue weighted by Crippen LogP contribution is -2.57. The van der Waals surface area contributed by atoms with Crippen LogP contribution in [0.5, 0.6) is 0 Å². The van der Waals surface area contributed by atoms with Crippen LogP contribution in [-0.2, 0) is 30.4 Å². The van der Waals surface area contributed by atoms with E-state index in [9.17, 15) is 29.1 Å². The Morgan fingerprint density at radius 3 is 2.09 bits per heavy atom. The fourth-order valence-corrected chi connectivity index (χ4v) is 3.04. The number of carboxylic acids is 1. The molecule has 15 nitrogen and oxygen atoms in total. The van der Waals surface area contributed by atoms with Gasteiger partial charge in [-0.3, -0.25) is 19.2 Å². The third kappa shape index (κ3) is 10.9. The molecule has 0 aliphatic rings. The van der Waals surface area contributed by atoms with E-state index in [2.05, 4.69) is 25.9 Å². The number of aromatic nitrogens is 2. The van der Waals surface area contributed by atoms with Crippen molar-refractivity contribution in [1.29, 1.82) is 0 Å². The molecule has 1 rings (SSSR count). The third-order valence-electron chi connectivity index (χ3n) is 5.01. The Bertz CT molecular complexity index is 849. The number of carboxylic acid groups (broad SMARTS) is 1. The fraction of sp³-hybridized carbons (Fsp3) is 0.600. The molecule has 15 heteroatoms. The monoisotopic (exact) mass is 498 g/mol. The predicted molar refractivity (Wildman–Crippen MR) is 122 cm³/mol. The minimum Gasteiger partial charge on any atom is -0.480 e. The molecular formula is C20H34N8O7. The van der Waals surface area contributed by atoms with Gasteiger partial charge in [0.05, 0.1) is 18.6 Å². The van der Waals surface area contributed by atoms with Crippen molar-refractivity contribution in [2.45, 2.75) is 62.7 Å². The summed E-state index contributed by atoms with van der Waals surface area (Å²) in [5.74, 6) is -4.45. The van der Waals surface area contributed by atoms with Crippen molar-refractivity contribution in [2.75, 3.05) is 13.2 Å². The number of nitrogens with zero attached hydrogens (tertiary/aromatic N) is 1. The van der Waals surface area contributed by atoms with Gasteiger partial charge in [-0.1, -0.05) is 0 Å². The highest BCUT2D eigenvalue weighted by atomic mass is 16.4. The Morgan fingerprint density at radius 1 is 0.971 bits per heavy atom. The zero-order chi connectivity index (χ0) is 26.4. The van der Waals surface area contributed by atoms with Crippen LogP contribution >= 0.6 is 0 Å². The van der Waals surface area contributed by atoms with Crippen LogP contribution in [0.4, 0.5) is 0 Å².